The molecule has 108 valence electrons. The maximum absolute atomic E-state index is 12.6. The lowest BCUT2D eigenvalue weighted by atomic mass is 9.58. The molecule has 4 aliphatic rings. The minimum atomic E-state index is -0.0979. The molecule has 0 aromatic carbocycles. The van der Waals surface area contributed by atoms with Gasteiger partial charge in [-0.05, 0) is 64.0 Å². The van der Waals surface area contributed by atoms with Crippen LogP contribution >= 0.6 is 0 Å². The van der Waals surface area contributed by atoms with E-state index in [0.29, 0.717) is 6.61 Å². The Kier molecular flexibility index (Phi) is 3.59. The van der Waals surface area contributed by atoms with Crippen molar-refractivity contribution >= 4 is 5.97 Å². The Balaban J connectivity index is 1.67. The van der Waals surface area contributed by atoms with Gasteiger partial charge >= 0.3 is 5.97 Å². The third-order valence-electron chi connectivity index (χ3n) is 5.56. The number of rotatable bonds is 4. The molecule has 0 saturated heterocycles. The van der Waals surface area contributed by atoms with Gasteiger partial charge in [-0.25, -0.2) is 0 Å². The second-order valence-electron chi connectivity index (χ2n) is 7.48. The summed E-state index contributed by atoms with van der Waals surface area (Å²) in [7, 11) is 4.03. The quantitative estimate of drug-likeness (QED) is 0.732. The van der Waals surface area contributed by atoms with Gasteiger partial charge in [-0.2, -0.15) is 0 Å². The standard InChI is InChI=1S/C16H27NO2/c1-17(2)5-6-19-15(18)16-9-12-3-4-13(10-16)8-14(7-12)11-16/h12-14H,3-11H2,1-2H3/t12-,13-,14?,16?/m1/s1. The van der Waals surface area contributed by atoms with Crippen molar-refractivity contribution in [3.05, 3.63) is 0 Å². The number of esters is 1. The smallest absolute Gasteiger partial charge is 0.312 e. The Hall–Kier alpha value is -0.570. The molecule has 0 N–H and O–H groups in total. The zero-order valence-corrected chi connectivity index (χ0v) is 12.4. The maximum Gasteiger partial charge on any atom is 0.312 e. The van der Waals surface area contributed by atoms with E-state index in [0.717, 1.165) is 43.6 Å². The van der Waals surface area contributed by atoms with Crippen LogP contribution in [0.5, 0.6) is 0 Å². The van der Waals surface area contributed by atoms with Crippen molar-refractivity contribution < 1.29 is 9.53 Å². The Labute approximate surface area is 116 Å². The average Bonchev–Trinajstić information content (AvgIpc) is 2.55. The molecule has 2 atom stereocenters. The number of carbonyl (C=O) groups excluding carboxylic acids is 1. The SMILES string of the molecule is CN(C)CCOC(=O)C12CC3C[C@@H](CC[C@H](C3)C1)C2. The molecule has 4 bridgehead atoms. The molecular weight excluding hydrogens is 238 g/mol. The lowest BCUT2D eigenvalue weighted by Gasteiger charge is -2.46. The van der Waals surface area contributed by atoms with Crippen LogP contribution in [-0.4, -0.2) is 38.1 Å². The largest absolute Gasteiger partial charge is 0.464 e. The van der Waals surface area contributed by atoms with Gasteiger partial charge in [-0.1, -0.05) is 12.8 Å². The highest BCUT2D eigenvalue weighted by Gasteiger charge is 2.53. The van der Waals surface area contributed by atoms with E-state index in [9.17, 15) is 4.79 Å². The molecule has 0 heterocycles. The molecule has 3 nitrogen and oxygen atoms in total. The van der Waals surface area contributed by atoms with Crippen LogP contribution in [0.2, 0.25) is 0 Å². The first-order valence-corrected chi connectivity index (χ1v) is 7.89. The summed E-state index contributed by atoms with van der Waals surface area (Å²) in [5.74, 6) is 2.53. The number of likely N-dealkylation sites (N-methyl/N-ethyl adjacent to an activating group) is 1. The average molecular weight is 265 g/mol. The predicted octanol–water partition coefficient (Wildman–Crippen LogP) is 2.70. The first-order valence-electron chi connectivity index (χ1n) is 7.89. The Morgan fingerprint density at radius 2 is 1.68 bits per heavy atom. The first-order chi connectivity index (χ1) is 9.07. The molecule has 3 heteroatoms. The molecule has 0 radical (unpaired) electrons. The van der Waals surface area contributed by atoms with Crippen molar-refractivity contribution in [2.75, 3.05) is 27.2 Å². The number of hydrogen-bond acceptors (Lipinski definition) is 3. The van der Waals surface area contributed by atoms with Gasteiger partial charge in [0, 0.05) is 6.54 Å². The van der Waals surface area contributed by atoms with E-state index in [1.807, 2.05) is 14.1 Å². The summed E-state index contributed by atoms with van der Waals surface area (Å²) >= 11 is 0. The van der Waals surface area contributed by atoms with E-state index in [1.165, 1.54) is 25.7 Å². The molecule has 0 aromatic heterocycles. The van der Waals surface area contributed by atoms with Gasteiger partial charge in [0.05, 0.1) is 5.41 Å². The summed E-state index contributed by atoms with van der Waals surface area (Å²) in [6.07, 6.45) is 8.80. The van der Waals surface area contributed by atoms with Gasteiger partial charge in [0.1, 0.15) is 6.61 Å². The lowest BCUT2D eigenvalue weighted by Crippen LogP contribution is -2.44. The molecule has 4 saturated carbocycles. The number of hydrogen-bond donors (Lipinski definition) is 0. The molecule has 4 aliphatic carbocycles. The Morgan fingerprint density at radius 1 is 1.11 bits per heavy atom. The van der Waals surface area contributed by atoms with Crippen LogP contribution < -0.4 is 0 Å². The zero-order valence-electron chi connectivity index (χ0n) is 12.4. The fourth-order valence-corrected chi connectivity index (χ4v) is 4.92. The van der Waals surface area contributed by atoms with Gasteiger partial charge in [0.25, 0.3) is 0 Å². The van der Waals surface area contributed by atoms with Crippen LogP contribution in [0.1, 0.15) is 44.9 Å². The van der Waals surface area contributed by atoms with Crippen LogP contribution in [0, 0.1) is 23.2 Å². The molecule has 0 spiro atoms. The molecule has 4 fully saturated rings. The van der Waals surface area contributed by atoms with Crippen LogP contribution in [0.15, 0.2) is 0 Å². The van der Waals surface area contributed by atoms with E-state index < -0.39 is 0 Å². The van der Waals surface area contributed by atoms with E-state index in [1.54, 1.807) is 0 Å². The summed E-state index contributed by atoms with van der Waals surface area (Å²) in [6, 6.07) is 0. The van der Waals surface area contributed by atoms with Crippen LogP contribution in [-0.2, 0) is 9.53 Å². The summed E-state index contributed by atoms with van der Waals surface area (Å²) in [6.45, 7) is 1.38. The summed E-state index contributed by atoms with van der Waals surface area (Å²) in [5.41, 5.74) is -0.0979. The highest BCUT2D eigenvalue weighted by Crippen LogP contribution is 2.58. The van der Waals surface area contributed by atoms with Gasteiger partial charge < -0.3 is 9.64 Å². The zero-order chi connectivity index (χ0) is 13.5. The second kappa shape index (κ2) is 5.08. The van der Waals surface area contributed by atoms with Crippen LogP contribution in [0.4, 0.5) is 0 Å². The first kappa shape index (κ1) is 13.4. The Bertz CT molecular complexity index is 337. The van der Waals surface area contributed by atoms with E-state index >= 15 is 0 Å². The third kappa shape index (κ3) is 2.67. The van der Waals surface area contributed by atoms with Crippen LogP contribution in [0.3, 0.4) is 0 Å². The van der Waals surface area contributed by atoms with Gasteiger partial charge in [0.15, 0.2) is 0 Å². The monoisotopic (exact) mass is 265 g/mol. The van der Waals surface area contributed by atoms with E-state index in [2.05, 4.69) is 4.90 Å². The number of ether oxygens (including phenoxy) is 1. The predicted molar refractivity (Wildman–Crippen MR) is 74.7 cm³/mol. The third-order valence-corrected chi connectivity index (χ3v) is 5.56. The van der Waals surface area contributed by atoms with E-state index in [-0.39, 0.29) is 11.4 Å². The highest BCUT2D eigenvalue weighted by atomic mass is 16.5. The molecule has 0 unspecified atom stereocenters. The minimum Gasteiger partial charge on any atom is -0.464 e. The van der Waals surface area contributed by atoms with Gasteiger partial charge in [0.2, 0.25) is 0 Å². The number of fused-ring (bicyclic) bond motifs is 1. The normalized spacial score (nSPS) is 40.5. The summed E-state index contributed by atoms with van der Waals surface area (Å²) < 4.78 is 5.61. The molecule has 0 aromatic rings. The summed E-state index contributed by atoms with van der Waals surface area (Å²) in [4.78, 5) is 14.7. The fraction of sp³-hybridized carbons (Fsp3) is 0.938. The van der Waals surface area contributed by atoms with Crippen molar-refractivity contribution in [2.45, 2.75) is 44.9 Å². The Morgan fingerprint density at radius 3 is 2.26 bits per heavy atom. The second-order valence-corrected chi connectivity index (χ2v) is 7.48. The molecule has 4 rings (SSSR count). The van der Waals surface area contributed by atoms with Crippen LogP contribution in [0.25, 0.3) is 0 Å². The van der Waals surface area contributed by atoms with E-state index in [4.69, 9.17) is 4.74 Å². The van der Waals surface area contributed by atoms with Crippen molar-refractivity contribution in [1.82, 2.24) is 4.90 Å². The molecule has 0 aliphatic heterocycles. The van der Waals surface area contributed by atoms with Gasteiger partial charge in [-0.15, -0.1) is 0 Å². The number of carbonyl (C=O) groups is 1. The molecule has 0 amide bonds. The van der Waals surface area contributed by atoms with Gasteiger partial charge in [-0.3, -0.25) is 4.79 Å². The van der Waals surface area contributed by atoms with Crippen molar-refractivity contribution in [3.63, 3.8) is 0 Å². The summed E-state index contributed by atoms with van der Waals surface area (Å²) in [5, 5.41) is 0. The molecule has 19 heavy (non-hydrogen) atoms. The topological polar surface area (TPSA) is 29.5 Å². The highest BCUT2D eigenvalue weighted by molar-refractivity contribution is 5.77. The number of nitrogens with zero attached hydrogens (tertiary/aromatic N) is 1. The van der Waals surface area contributed by atoms with Crippen molar-refractivity contribution in [3.8, 4) is 0 Å². The fourth-order valence-electron chi connectivity index (χ4n) is 4.92. The lowest BCUT2D eigenvalue weighted by molar-refractivity contribution is -0.164. The molecular formula is C16H27NO2. The maximum atomic E-state index is 12.6. The minimum absolute atomic E-state index is 0.0979. The van der Waals surface area contributed by atoms with Crippen molar-refractivity contribution in [1.29, 1.82) is 0 Å². The van der Waals surface area contributed by atoms with Crippen molar-refractivity contribution in [2.24, 2.45) is 23.2 Å².